The largest absolute Gasteiger partial charge is 0.372 e. The van der Waals surface area contributed by atoms with Gasteiger partial charge in [-0.3, -0.25) is 4.79 Å². The van der Waals surface area contributed by atoms with Gasteiger partial charge in [-0.05, 0) is 44.0 Å². The Bertz CT molecular complexity index is 396. The van der Waals surface area contributed by atoms with Crippen LogP contribution in [0.25, 0.3) is 0 Å². The minimum absolute atomic E-state index is 0.0357. The Morgan fingerprint density at radius 2 is 1.89 bits per heavy atom. The van der Waals surface area contributed by atoms with Gasteiger partial charge in [0.05, 0.1) is 6.54 Å². The van der Waals surface area contributed by atoms with E-state index >= 15 is 0 Å². The number of carbonyl (C=O) groups excluding carboxylic acids is 1. The second kappa shape index (κ2) is 5.87. The van der Waals surface area contributed by atoms with Crippen molar-refractivity contribution in [2.45, 2.75) is 19.8 Å². The normalized spacial score (nSPS) is 14.9. The summed E-state index contributed by atoms with van der Waals surface area (Å²) in [4.78, 5) is 15.8. The predicted octanol–water partition coefficient (Wildman–Crippen LogP) is 1.60. The van der Waals surface area contributed by atoms with Gasteiger partial charge in [0.25, 0.3) is 0 Å². The third-order valence-corrected chi connectivity index (χ3v) is 3.42. The van der Waals surface area contributed by atoms with Gasteiger partial charge in [-0.25, -0.2) is 0 Å². The maximum Gasteiger partial charge on any atom is 0.240 e. The smallest absolute Gasteiger partial charge is 0.240 e. The second-order valence-corrected chi connectivity index (χ2v) is 4.55. The summed E-state index contributed by atoms with van der Waals surface area (Å²) in [5.41, 5.74) is 7.59. The molecule has 18 heavy (non-hydrogen) atoms. The van der Waals surface area contributed by atoms with Crippen molar-refractivity contribution in [2.24, 2.45) is 5.73 Å². The lowest BCUT2D eigenvalue weighted by Gasteiger charge is -2.22. The summed E-state index contributed by atoms with van der Waals surface area (Å²) in [6.45, 7) is 4.94. The van der Waals surface area contributed by atoms with E-state index in [4.69, 9.17) is 5.73 Å². The number of rotatable bonds is 4. The predicted molar refractivity (Wildman–Crippen MR) is 75.0 cm³/mol. The zero-order valence-electron chi connectivity index (χ0n) is 10.9. The van der Waals surface area contributed by atoms with Crippen molar-refractivity contribution in [3.8, 4) is 0 Å². The van der Waals surface area contributed by atoms with Gasteiger partial charge in [0.2, 0.25) is 5.91 Å². The molecule has 0 atom stereocenters. The molecule has 0 unspecified atom stereocenters. The lowest BCUT2D eigenvalue weighted by Crippen LogP contribution is -2.35. The van der Waals surface area contributed by atoms with Gasteiger partial charge in [-0.15, -0.1) is 0 Å². The summed E-state index contributed by atoms with van der Waals surface area (Å²) in [6, 6.07) is 8.19. The van der Waals surface area contributed by atoms with Gasteiger partial charge < -0.3 is 15.5 Å². The van der Waals surface area contributed by atoms with Crippen LogP contribution in [0, 0.1) is 0 Å². The molecule has 0 bridgehead atoms. The Balaban J connectivity index is 2.12. The summed E-state index contributed by atoms with van der Waals surface area (Å²) in [6.07, 6.45) is 2.54. The average molecular weight is 247 g/mol. The monoisotopic (exact) mass is 247 g/mol. The molecule has 1 amide bonds. The molecule has 98 valence electrons. The van der Waals surface area contributed by atoms with Crippen LogP contribution in [-0.2, 0) is 4.79 Å². The molecule has 4 heteroatoms. The fraction of sp³-hybridized carbons (Fsp3) is 0.500. The molecule has 1 saturated heterocycles. The minimum Gasteiger partial charge on any atom is -0.372 e. The topological polar surface area (TPSA) is 49.6 Å². The van der Waals surface area contributed by atoms with Crippen LogP contribution in [0.2, 0.25) is 0 Å². The van der Waals surface area contributed by atoms with Gasteiger partial charge in [-0.1, -0.05) is 0 Å². The first-order valence-corrected chi connectivity index (χ1v) is 6.61. The van der Waals surface area contributed by atoms with E-state index in [9.17, 15) is 4.79 Å². The van der Waals surface area contributed by atoms with Crippen LogP contribution >= 0.6 is 0 Å². The quantitative estimate of drug-likeness (QED) is 0.879. The molecular weight excluding hydrogens is 226 g/mol. The van der Waals surface area contributed by atoms with Crippen molar-refractivity contribution in [1.29, 1.82) is 0 Å². The highest BCUT2D eigenvalue weighted by Crippen LogP contribution is 2.23. The highest BCUT2D eigenvalue weighted by Gasteiger charge is 2.14. The molecule has 0 aliphatic carbocycles. The van der Waals surface area contributed by atoms with E-state index in [1.165, 1.54) is 18.5 Å². The minimum atomic E-state index is -0.0357. The van der Waals surface area contributed by atoms with E-state index in [1.54, 1.807) is 4.90 Å². The van der Waals surface area contributed by atoms with Crippen LogP contribution in [0.5, 0.6) is 0 Å². The number of nitrogens with two attached hydrogens (primary N) is 1. The molecule has 0 aromatic heterocycles. The first-order valence-electron chi connectivity index (χ1n) is 6.61. The number of anilines is 2. The van der Waals surface area contributed by atoms with Gasteiger partial charge in [0, 0.05) is 31.0 Å². The zero-order chi connectivity index (χ0) is 13.0. The maximum atomic E-state index is 11.7. The van der Waals surface area contributed by atoms with E-state index in [-0.39, 0.29) is 12.5 Å². The van der Waals surface area contributed by atoms with Crippen LogP contribution in [0.15, 0.2) is 24.3 Å². The summed E-state index contributed by atoms with van der Waals surface area (Å²) in [5, 5.41) is 0. The molecule has 2 N–H and O–H groups in total. The van der Waals surface area contributed by atoms with Crippen LogP contribution in [0.4, 0.5) is 11.4 Å². The van der Waals surface area contributed by atoms with Gasteiger partial charge in [0.15, 0.2) is 0 Å². The summed E-state index contributed by atoms with van der Waals surface area (Å²) < 4.78 is 0. The van der Waals surface area contributed by atoms with Crippen molar-refractivity contribution in [1.82, 2.24) is 0 Å². The molecule has 0 spiro atoms. The van der Waals surface area contributed by atoms with E-state index < -0.39 is 0 Å². The molecule has 1 aliphatic rings. The van der Waals surface area contributed by atoms with Gasteiger partial charge in [-0.2, -0.15) is 0 Å². The summed E-state index contributed by atoms with van der Waals surface area (Å²) >= 11 is 0. The fourth-order valence-electron chi connectivity index (χ4n) is 2.43. The molecule has 1 fully saturated rings. The Morgan fingerprint density at radius 3 is 2.39 bits per heavy atom. The molecule has 1 aliphatic heterocycles. The van der Waals surface area contributed by atoms with Gasteiger partial charge in [0.1, 0.15) is 0 Å². The fourth-order valence-corrected chi connectivity index (χ4v) is 2.43. The molecule has 4 nitrogen and oxygen atoms in total. The number of nitrogens with zero attached hydrogens (tertiary/aromatic N) is 2. The summed E-state index contributed by atoms with van der Waals surface area (Å²) in [5.74, 6) is -0.0357. The standard InChI is InChI=1S/C14H21N3O/c1-2-17(14(18)11-15)13-7-5-12(6-8-13)16-9-3-4-10-16/h5-8H,2-4,9-11,15H2,1H3. The van der Waals surface area contributed by atoms with Crippen molar-refractivity contribution < 1.29 is 4.79 Å². The molecular formula is C14H21N3O. The van der Waals surface area contributed by atoms with Crippen molar-refractivity contribution in [3.63, 3.8) is 0 Å². The first-order chi connectivity index (χ1) is 8.76. The molecule has 0 saturated carbocycles. The number of carbonyl (C=O) groups is 1. The molecule has 0 radical (unpaired) electrons. The second-order valence-electron chi connectivity index (χ2n) is 4.55. The number of hydrogen-bond donors (Lipinski definition) is 1. The van der Waals surface area contributed by atoms with Crippen LogP contribution in [0.3, 0.4) is 0 Å². The number of amides is 1. The highest BCUT2D eigenvalue weighted by atomic mass is 16.2. The maximum absolute atomic E-state index is 11.7. The highest BCUT2D eigenvalue weighted by molar-refractivity contribution is 5.94. The van der Waals surface area contributed by atoms with Crippen molar-refractivity contribution in [2.75, 3.05) is 36.0 Å². The van der Waals surface area contributed by atoms with E-state index in [1.807, 2.05) is 19.1 Å². The van der Waals surface area contributed by atoms with Crippen LogP contribution < -0.4 is 15.5 Å². The molecule has 1 heterocycles. The lowest BCUT2D eigenvalue weighted by molar-refractivity contribution is -0.117. The number of hydrogen-bond acceptors (Lipinski definition) is 3. The Hall–Kier alpha value is -1.55. The Kier molecular flexibility index (Phi) is 4.20. The first kappa shape index (κ1) is 12.9. The van der Waals surface area contributed by atoms with Gasteiger partial charge >= 0.3 is 0 Å². The molecule has 1 aromatic rings. The average Bonchev–Trinajstić information content (AvgIpc) is 2.94. The van der Waals surface area contributed by atoms with Crippen molar-refractivity contribution >= 4 is 17.3 Å². The zero-order valence-corrected chi connectivity index (χ0v) is 10.9. The Morgan fingerprint density at radius 1 is 1.28 bits per heavy atom. The van der Waals surface area contributed by atoms with E-state index in [0.717, 1.165) is 18.8 Å². The number of likely N-dealkylation sites (N-methyl/N-ethyl adjacent to an activating group) is 1. The SMILES string of the molecule is CCN(C(=O)CN)c1ccc(N2CCCC2)cc1. The van der Waals surface area contributed by atoms with E-state index in [0.29, 0.717) is 6.54 Å². The Labute approximate surface area is 108 Å². The van der Waals surface area contributed by atoms with Crippen molar-refractivity contribution in [3.05, 3.63) is 24.3 Å². The number of benzene rings is 1. The third kappa shape index (κ3) is 2.64. The molecule has 2 rings (SSSR count). The van der Waals surface area contributed by atoms with Crippen LogP contribution in [-0.4, -0.2) is 32.1 Å². The van der Waals surface area contributed by atoms with E-state index in [2.05, 4.69) is 17.0 Å². The third-order valence-electron chi connectivity index (χ3n) is 3.42. The van der Waals surface area contributed by atoms with Crippen LogP contribution in [0.1, 0.15) is 19.8 Å². The summed E-state index contributed by atoms with van der Waals surface area (Å²) in [7, 11) is 0. The molecule has 1 aromatic carbocycles. The lowest BCUT2D eigenvalue weighted by atomic mass is 10.2.